The molecule has 1 N–H and O–H groups in total. The van der Waals surface area contributed by atoms with Crippen LogP contribution < -0.4 is 5.32 Å². The van der Waals surface area contributed by atoms with Gasteiger partial charge in [-0.25, -0.2) is 0 Å². The van der Waals surface area contributed by atoms with Crippen molar-refractivity contribution in [1.82, 2.24) is 10.2 Å². The molecule has 0 saturated carbocycles. The molecule has 1 unspecified atom stereocenters. The van der Waals surface area contributed by atoms with E-state index in [1.54, 1.807) is 13.0 Å². The molecule has 1 atom stereocenters. The molecule has 19 heavy (non-hydrogen) atoms. The van der Waals surface area contributed by atoms with Crippen LogP contribution in [0.1, 0.15) is 35.7 Å². The molecule has 102 valence electrons. The van der Waals surface area contributed by atoms with Gasteiger partial charge in [-0.15, -0.1) is 0 Å². The van der Waals surface area contributed by atoms with E-state index in [0.717, 1.165) is 31.5 Å². The highest BCUT2D eigenvalue weighted by molar-refractivity contribution is 5.98. The zero-order valence-electron chi connectivity index (χ0n) is 11.5. The van der Waals surface area contributed by atoms with Crippen LogP contribution in [0.3, 0.4) is 0 Å². The van der Waals surface area contributed by atoms with E-state index in [4.69, 9.17) is 0 Å². The van der Waals surface area contributed by atoms with Crippen LogP contribution in [0.4, 0.5) is 0 Å². The predicted octanol–water partition coefficient (Wildman–Crippen LogP) is 1.74. The molecule has 0 radical (unpaired) electrons. The molecular formula is C15H20N2O2. The first-order chi connectivity index (χ1) is 9.09. The van der Waals surface area contributed by atoms with Crippen molar-refractivity contribution >= 4 is 11.8 Å². The Bertz CT molecular complexity index is 479. The molecule has 0 bridgehead atoms. The van der Waals surface area contributed by atoms with E-state index in [-0.39, 0.29) is 11.8 Å². The molecule has 4 heteroatoms. The van der Waals surface area contributed by atoms with Crippen LogP contribution in [0.15, 0.2) is 24.3 Å². The van der Waals surface area contributed by atoms with Crippen molar-refractivity contribution < 1.29 is 9.59 Å². The Kier molecular flexibility index (Phi) is 4.20. The molecule has 0 spiro atoms. The number of likely N-dealkylation sites (tertiary alicyclic amines) is 1. The number of rotatable bonds is 3. The summed E-state index contributed by atoms with van der Waals surface area (Å²) in [6, 6.07) is 6.92. The van der Waals surface area contributed by atoms with Crippen LogP contribution in [0.5, 0.6) is 0 Å². The molecule has 4 nitrogen and oxygen atoms in total. The lowest BCUT2D eigenvalue weighted by Gasteiger charge is -2.21. The van der Waals surface area contributed by atoms with Crippen LogP contribution in [-0.2, 0) is 4.79 Å². The second kappa shape index (κ2) is 5.87. The number of carbonyl (C=O) groups excluding carboxylic acids is 2. The molecule has 0 aromatic heterocycles. The molecule has 0 aliphatic carbocycles. The fraction of sp³-hybridized carbons (Fsp3) is 0.467. The van der Waals surface area contributed by atoms with Gasteiger partial charge in [0.2, 0.25) is 5.91 Å². The summed E-state index contributed by atoms with van der Waals surface area (Å²) in [6.45, 7) is 5.26. The largest absolute Gasteiger partial charge is 0.341 e. The van der Waals surface area contributed by atoms with Gasteiger partial charge in [-0.1, -0.05) is 18.2 Å². The quantitative estimate of drug-likeness (QED) is 0.900. The highest BCUT2D eigenvalue weighted by Crippen LogP contribution is 2.10. The smallest absolute Gasteiger partial charge is 0.252 e. The van der Waals surface area contributed by atoms with Gasteiger partial charge in [-0.3, -0.25) is 9.59 Å². The fourth-order valence-corrected chi connectivity index (χ4v) is 2.38. The summed E-state index contributed by atoms with van der Waals surface area (Å²) in [5, 5.41) is 2.78. The van der Waals surface area contributed by atoms with E-state index in [9.17, 15) is 9.59 Å². The van der Waals surface area contributed by atoms with Crippen LogP contribution in [0.2, 0.25) is 0 Å². The van der Waals surface area contributed by atoms with E-state index >= 15 is 0 Å². The van der Waals surface area contributed by atoms with Crippen LogP contribution >= 0.6 is 0 Å². The summed E-state index contributed by atoms with van der Waals surface area (Å²) >= 11 is 0. The van der Waals surface area contributed by atoms with Crippen molar-refractivity contribution in [3.63, 3.8) is 0 Å². The third-order valence-corrected chi connectivity index (χ3v) is 3.53. The third kappa shape index (κ3) is 3.13. The zero-order valence-corrected chi connectivity index (χ0v) is 11.5. The molecule has 2 amide bonds. The Morgan fingerprint density at radius 3 is 2.47 bits per heavy atom. The first kappa shape index (κ1) is 13.6. The van der Waals surface area contributed by atoms with Crippen molar-refractivity contribution in [2.45, 2.75) is 32.7 Å². The first-order valence-corrected chi connectivity index (χ1v) is 6.75. The first-order valence-electron chi connectivity index (χ1n) is 6.75. The lowest BCUT2D eigenvalue weighted by molar-refractivity contribution is -0.131. The van der Waals surface area contributed by atoms with Crippen molar-refractivity contribution in [1.29, 1.82) is 0 Å². The van der Waals surface area contributed by atoms with E-state index < -0.39 is 6.04 Å². The molecule has 1 heterocycles. The number of carbonyl (C=O) groups is 2. The van der Waals surface area contributed by atoms with Crippen LogP contribution in [-0.4, -0.2) is 35.8 Å². The Morgan fingerprint density at radius 1 is 1.21 bits per heavy atom. The standard InChI is InChI=1S/C15H20N2O2/c1-11-7-3-4-8-13(11)14(18)16-12(2)15(19)17-9-5-6-10-17/h3-4,7-8,12H,5-6,9-10H2,1-2H3,(H,16,18). The monoisotopic (exact) mass is 260 g/mol. The topological polar surface area (TPSA) is 49.4 Å². The van der Waals surface area contributed by atoms with Gasteiger partial charge < -0.3 is 10.2 Å². The summed E-state index contributed by atoms with van der Waals surface area (Å²) < 4.78 is 0. The van der Waals surface area contributed by atoms with E-state index in [1.807, 2.05) is 30.0 Å². The van der Waals surface area contributed by atoms with Gasteiger partial charge in [-0.2, -0.15) is 0 Å². The maximum absolute atomic E-state index is 12.1. The maximum atomic E-state index is 12.1. The van der Waals surface area contributed by atoms with Gasteiger partial charge in [0.25, 0.3) is 5.91 Å². The molecule has 1 fully saturated rings. The Hall–Kier alpha value is -1.84. The molecule has 1 aliphatic rings. The number of aryl methyl sites for hydroxylation is 1. The van der Waals surface area contributed by atoms with Crippen molar-refractivity contribution in [3.8, 4) is 0 Å². The SMILES string of the molecule is Cc1ccccc1C(=O)NC(C)C(=O)N1CCCC1. The molecule has 1 saturated heterocycles. The minimum Gasteiger partial charge on any atom is -0.341 e. The Morgan fingerprint density at radius 2 is 1.84 bits per heavy atom. The number of nitrogens with zero attached hydrogens (tertiary/aromatic N) is 1. The summed E-state index contributed by atoms with van der Waals surface area (Å²) in [5.74, 6) is -0.169. The predicted molar refractivity (Wildman–Crippen MR) is 73.9 cm³/mol. The van der Waals surface area contributed by atoms with Crippen molar-refractivity contribution in [2.75, 3.05) is 13.1 Å². The van der Waals surface area contributed by atoms with Gasteiger partial charge in [0, 0.05) is 18.7 Å². The number of amides is 2. The average Bonchev–Trinajstić information content (AvgIpc) is 2.92. The minimum absolute atomic E-state index is 0.0134. The number of benzene rings is 1. The summed E-state index contributed by atoms with van der Waals surface area (Å²) in [5.41, 5.74) is 1.55. The molecule has 2 rings (SSSR count). The van der Waals surface area contributed by atoms with E-state index in [2.05, 4.69) is 5.32 Å². The third-order valence-electron chi connectivity index (χ3n) is 3.53. The average molecular weight is 260 g/mol. The zero-order chi connectivity index (χ0) is 13.8. The van der Waals surface area contributed by atoms with Crippen LogP contribution in [0.25, 0.3) is 0 Å². The highest BCUT2D eigenvalue weighted by atomic mass is 16.2. The van der Waals surface area contributed by atoms with Gasteiger partial charge in [0.15, 0.2) is 0 Å². The number of nitrogens with one attached hydrogen (secondary N) is 1. The summed E-state index contributed by atoms with van der Waals surface area (Å²) in [7, 11) is 0. The minimum atomic E-state index is -0.467. The molecule has 1 aromatic carbocycles. The molecular weight excluding hydrogens is 240 g/mol. The summed E-state index contributed by atoms with van der Waals surface area (Å²) in [4.78, 5) is 26.0. The second-order valence-corrected chi connectivity index (χ2v) is 5.04. The van der Waals surface area contributed by atoms with E-state index in [0.29, 0.717) is 5.56 Å². The molecule has 1 aliphatic heterocycles. The van der Waals surface area contributed by atoms with Gasteiger partial charge in [-0.05, 0) is 38.3 Å². The molecule has 1 aromatic rings. The normalized spacial score (nSPS) is 16.2. The fourth-order valence-electron chi connectivity index (χ4n) is 2.38. The van der Waals surface area contributed by atoms with Crippen molar-refractivity contribution in [3.05, 3.63) is 35.4 Å². The Labute approximate surface area is 113 Å². The van der Waals surface area contributed by atoms with Gasteiger partial charge in [0.1, 0.15) is 6.04 Å². The van der Waals surface area contributed by atoms with Crippen molar-refractivity contribution in [2.24, 2.45) is 0 Å². The number of hydrogen-bond donors (Lipinski definition) is 1. The maximum Gasteiger partial charge on any atom is 0.252 e. The van der Waals surface area contributed by atoms with E-state index in [1.165, 1.54) is 0 Å². The highest BCUT2D eigenvalue weighted by Gasteiger charge is 2.24. The van der Waals surface area contributed by atoms with Crippen LogP contribution in [0, 0.1) is 6.92 Å². The Balaban J connectivity index is 1.98. The lowest BCUT2D eigenvalue weighted by atomic mass is 10.1. The van der Waals surface area contributed by atoms with Gasteiger partial charge >= 0.3 is 0 Å². The second-order valence-electron chi connectivity index (χ2n) is 5.04. The summed E-state index contributed by atoms with van der Waals surface area (Å²) in [6.07, 6.45) is 2.12. The lowest BCUT2D eigenvalue weighted by Crippen LogP contribution is -2.46. The number of hydrogen-bond acceptors (Lipinski definition) is 2. The van der Waals surface area contributed by atoms with Gasteiger partial charge in [0.05, 0.1) is 0 Å².